The van der Waals surface area contributed by atoms with Gasteiger partial charge in [0.1, 0.15) is 0 Å². The van der Waals surface area contributed by atoms with Crippen LogP contribution in [-0.4, -0.2) is 5.25 Å². The van der Waals surface area contributed by atoms with Gasteiger partial charge in [-0.25, -0.2) is 0 Å². The summed E-state index contributed by atoms with van der Waals surface area (Å²) in [5.41, 5.74) is 5.71. The summed E-state index contributed by atoms with van der Waals surface area (Å²) in [6.45, 7) is 11.3. The topological polar surface area (TPSA) is 0 Å². The van der Waals surface area contributed by atoms with Crippen LogP contribution in [0.5, 0.6) is 0 Å². The van der Waals surface area contributed by atoms with Crippen LogP contribution in [0.4, 0.5) is 0 Å². The molecule has 116 valence electrons. The molecular formula is C19H22S3. The molecule has 0 fully saturated rings. The second kappa shape index (κ2) is 6.38. The van der Waals surface area contributed by atoms with E-state index < -0.39 is 0 Å². The molecule has 1 unspecified atom stereocenters. The normalized spacial score (nSPS) is 18.2. The molecule has 0 nitrogen and oxygen atoms in total. The van der Waals surface area contributed by atoms with Crippen molar-refractivity contribution in [2.45, 2.75) is 39.9 Å². The Kier molecular flexibility index (Phi) is 4.67. The van der Waals surface area contributed by atoms with E-state index in [-0.39, 0.29) is 0 Å². The SMILES string of the molecule is CC1=CC(=C(c2csc(C)c2)c2csc(C)c2)C(C(C)C)S1. The summed E-state index contributed by atoms with van der Waals surface area (Å²) in [6, 6.07) is 4.67. The van der Waals surface area contributed by atoms with Crippen LogP contribution in [0.2, 0.25) is 0 Å². The highest BCUT2D eigenvalue weighted by Gasteiger charge is 2.28. The Bertz CT molecular complexity index is 698. The molecule has 2 aromatic rings. The van der Waals surface area contributed by atoms with Gasteiger partial charge in [-0.05, 0) is 82.8 Å². The van der Waals surface area contributed by atoms with Crippen LogP contribution < -0.4 is 0 Å². The van der Waals surface area contributed by atoms with Crippen LogP contribution in [0, 0.1) is 19.8 Å². The standard InChI is InChI=1S/C19H22S3/c1-11(2)19-17(8-14(5)22-19)18(15-6-12(3)20-9-15)16-7-13(4)21-10-16/h6-11,19H,1-5H3. The van der Waals surface area contributed by atoms with Gasteiger partial charge >= 0.3 is 0 Å². The fourth-order valence-corrected chi connectivity index (χ4v) is 5.53. The maximum Gasteiger partial charge on any atom is 0.0370 e. The largest absolute Gasteiger partial charge is 0.149 e. The molecule has 3 heteroatoms. The zero-order chi connectivity index (χ0) is 15.9. The first-order valence-electron chi connectivity index (χ1n) is 7.66. The van der Waals surface area contributed by atoms with Crippen LogP contribution in [0.15, 0.2) is 39.4 Å². The maximum atomic E-state index is 2.41. The van der Waals surface area contributed by atoms with Gasteiger partial charge in [-0.3, -0.25) is 0 Å². The number of aryl methyl sites for hydroxylation is 2. The smallest absolute Gasteiger partial charge is 0.0370 e. The van der Waals surface area contributed by atoms with E-state index >= 15 is 0 Å². The van der Waals surface area contributed by atoms with Gasteiger partial charge in [0.05, 0.1) is 0 Å². The van der Waals surface area contributed by atoms with Crippen molar-refractivity contribution >= 4 is 40.0 Å². The lowest BCUT2D eigenvalue weighted by Gasteiger charge is -2.19. The molecule has 0 saturated carbocycles. The minimum absolute atomic E-state index is 0.565. The lowest BCUT2D eigenvalue weighted by Crippen LogP contribution is -2.11. The Morgan fingerprint density at radius 3 is 1.91 bits per heavy atom. The Hall–Kier alpha value is -0.770. The highest BCUT2D eigenvalue weighted by atomic mass is 32.2. The number of hydrogen-bond acceptors (Lipinski definition) is 3. The van der Waals surface area contributed by atoms with Gasteiger partial charge in [-0.2, -0.15) is 0 Å². The van der Waals surface area contributed by atoms with Crippen molar-refractivity contribution in [3.8, 4) is 0 Å². The monoisotopic (exact) mass is 346 g/mol. The number of allylic oxidation sites excluding steroid dienone is 2. The molecule has 3 rings (SSSR count). The van der Waals surface area contributed by atoms with Gasteiger partial charge in [-0.15, -0.1) is 34.4 Å². The van der Waals surface area contributed by atoms with E-state index in [2.05, 4.69) is 63.6 Å². The molecule has 0 amide bonds. The first-order valence-corrected chi connectivity index (χ1v) is 10.3. The molecule has 0 saturated heterocycles. The molecule has 0 bridgehead atoms. The van der Waals surface area contributed by atoms with Crippen LogP contribution in [0.3, 0.4) is 0 Å². The van der Waals surface area contributed by atoms with Gasteiger partial charge in [-0.1, -0.05) is 13.8 Å². The van der Waals surface area contributed by atoms with Gasteiger partial charge in [0.15, 0.2) is 0 Å². The van der Waals surface area contributed by atoms with Crippen molar-refractivity contribution in [1.82, 2.24) is 0 Å². The third-order valence-corrected chi connectivity index (χ3v) is 7.18. The molecule has 2 aromatic heterocycles. The van der Waals surface area contributed by atoms with E-state index in [1.54, 1.807) is 0 Å². The van der Waals surface area contributed by atoms with E-state index in [1.165, 1.54) is 36.9 Å². The number of thioether (sulfide) groups is 1. The minimum Gasteiger partial charge on any atom is -0.149 e. The fraction of sp³-hybridized carbons (Fsp3) is 0.368. The van der Waals surface area contributed by atoms with Gasteiger partial charge in [0.25, 0.3) is 0 Å². The first kappa shape index (κ1) is 16.1. The summed E-state index contributed by atoms with van der Waals surface area (Å²) in [4.78, 5) is 4.20. The van der Waals surface area contributed by atoms with Crippen molar-refractivity contribution in [3.05, 3.63) is 60.3 Å². The fourth-order valence-electron chi connectivity index (χ4n) is 2.96. The Balaban J connectivity index is 2.22. The summed E-state index contributed by atoms with van der Waals surface area (Å²) < 4.78 is 0. The first-order chi connectivity index (χ1) is 10.5. The van der Waals surface area contributed by atoms with Gasteiger partial charge in [0, 0.05) is 15.0 Å². The molecule has 0 spiro atoms. The van der Waals surface area contributed by atoms with Gasteiger partial charge < -0.3 is 0 Å². The van der Waals surface area contributed by atoms with Crippen molar-refractivity contribution in [3.63, 3.8) is 0 Å². The zero-order valence-electron chi connectivity index (χ0n) is 13.8. The summed E-state index contributed by atoms with van der Waals surface area (Å²) >= 11 is 5.71. The van der Waals surface area contributed by atoms with Crippen LogP contribution in [0.1, 0.15) is 41.7 Å². The molecule has 1 aliphatic rings. The zero-order valence-corrected chi connectivity index (χ0v) is 16.2. The summed E-state index contributed by atoms with van der Waals surface area (Å²) in [5.74, 6) is 0.642. The summed E-state index contributed by atoms with van der Waals surface area (Å²) in [5, 5.41) is 5.19. The van der Waals surface area contributed by atoms with E-state index in [0.29, 0.717) is 11.2 Å². The van der Waals surface area contributed by atoms with E-state index in [4.69, 9.17) is 0 Å². The minimum atomic E-state index is 0.565. The summed E-state index contributed by atoms with van der Waals surface area (Å²) in [7, 11) is 0. The molecule has 22 heavy (non-hydrogen) atoms. The quantitative estimate of drug-likeness (QED) is 0.582. The Morgan fingerprint density at radius 1 is 0.955 bits per heavy atom. The van der Waals surface area contributed by atoms with Gasteiger partial charge in [0.2, 0.25) is 0 Å². The maximum absolute atomic E-state index is 2.41. The molecule has 1 aliphatic heterocycles. The van der Waals surface area contributed by atoms with Crippen molar-refractivity contribution < 1.29 is 0 Å². The third kappa shape index (κ3) is 3.12. The molecule has 0 aromatic carbocycles. The lowest BCUT2D eigenvalue weighted by molar-refractivity contribution is 0.670. The van der Waals surface area contributed by atoms with E-state index in [1.807, 2.05) is 34.4 Å². The van der Waals surface area contributed by atoms with E-state index in [9.17, 15) is 0 Å². The molecule has 0 radical (unpaired) electrons. The molecule has 3 heterocycles. The number of hydrogen-bond donors (Lipinski definition) is 0. The second-order valence-corrected chi connectivity index (χ2v) is 9.88. The highest BCUT2D eigenvalue weighted by molar-refractivity contribution is 8.04. The Morgan fingerprint density at radius 2 is 1.50 bits per heavy atom. The summed E-state index contributed by atoms with van der Waals surface area (Å²) in [6.07, 6.45) is 2.41. The number of thiophene rings is 2. The number of rotatable bonds is 3. The van der Waals surface area contributed by atoms with Crippen LogP contribution in [0.25, 0.3) is 5.57 Å². The molecule has 0 N–H and O–H groups in total. The van der Waals surface area contributed by atoms with E-state index in [0.717, 1.165) is 0 Å². The average molecular weight is 347 g/mol. The highest BCUT2D eigenvalue weighted by Crippen LogP contribution is 2.45. The molecule has 1 atom stereocenters. The van der Waals surface area contributed by atoms with Crippen molar-refractivity contribution in [2.75, 3.05) is 0 Å². The van der Waals surface area contributed by atoms with Crippen molar-refractivity contribution in [1.29, 1.82) is 0 Å². The molecular weight excluding hydrogens is 324 g/mol. The average Bonchev–Trinajstić information content (AvgIpc) is 3.13. The predicted molar refractivity (Wildman–Crippen MR) is 104 cm³/mol. The lowest BCUT2D eigenvalue weighted by atomic mass is 9.90. The second-order valence-electron chi connectivity index (χ2n) is 6.26. The molecule has 0 aliphatic carbocycles. The third-order valence-electron chi connectivity index (χ3n) is 3.91. The van der Waals surface area contributed by atoms with Crippen LogP contribution >= 0.6 is 34.4 Å². The Labute approximate surface area is 146 Å². The van der Waals surface area contributed by atoms with Crippen LogP contribution in [-0.2, 0) is 0 Å². The predicted octanol–water partition coefficient (Wildman–Crippen LogP) is 6.90. The van der Waals surface area contributed by atoms with Crippen molar-refractivity contribution in [2.24, 2.45) is 5.92 Å².